The molecular weight excluding hydrogens is 460 g/mol. The number of nitro benzene ring substituents is 1. The van der Waals surface area contributed by atoms with Crippen LogP contribution in [-0.4, -0.2) is 70.1 Å². The molecule has 3 aromatic rings. The molecule has 0 aliphatic carbocycles. The molecular formula is C27H24N4O5. The van der Waals surface area contributed by atoms with Crippen molar-refractivity contribution in [1.29, 1.82) is 0 Å². The van der Waals surface area contributed by atoms with Crippen molar-refractivity contribution in [1.82, 2.24) is 14.7 Å². The summed E-state index contributed by atoms with van der Waals surface area (Å²) < 4.78 is 0. The predicted molar refractivity (Wildman–Crippen MR) is 131 cm³/mol. The smallest absolute Gasteiger partial charge is 0.270 e. The summed E-state index contributed by atoms with van der Waals surface area (Å²) in [5.41, 5.74) is 2.11. The molecule has 5 rings (SSSR count). The first-order valence-electron chi connectivity index (χ1n) is 11.7. The van der Waals surface area contributed by atoms with Gasteiger partial charge in [0.2, 0.25) is 5.91 Å². The number of hydrogen-bond acceptors (Lipinski definition) is 6. The number of benzene rings is 3. The lowest BCUT2D eigenvalue weighted by Crippen LogP contribution is -2.52. The van der Waals surface area contributed by atoms with Crippen LogP contribution >= 0.6 is 0 Å². The quantitative estimate of drug-likeness (QED) is 0.303. The van der Waals surface area contributed by atoms with Gasteiger partial charge in [-0.15, -0.1) is 0 Å². The Kier molecular flexibility index (Phi) is 6.30. The number of fused-ring (bicyclic) bond motifs is 1. The molecule has 2 aliphatic heterocycles. The van der Waals surface area contributed by atoms with Crippen LogP contribution in [-0.2, 0) is 4.79 Å². The molecule has 0 radical (unpaired) electrons. The number of nitrogens with zero attached hydrogens (tertiary/aromatic N) is 4. The molecule has 2 heterocycles. The Labute approximate surface area is 207 Å². The van der Waals surface area contributed by atoms with Gasteiger partial charge in [-0.2, -0.15) is 0 Å². The Hall–Kier alpha value is -4.37. The second kappa shape index (κ2) is 9.71. The zero-order valence-corrected chi connectivity index (χ0v) is 19.4. The molecule has 9 nitrogen and oxygen atoms in total. The number of carbonyl (C=O) groups excluding carboxylic acids is 3. The van der Waals surface area contributed by atoms with Crippen LogP contribution in [0.5, 0.6) is 0 Å². The monoisotopic (exact) mass is 484 g/mol. The molecule has 1 saturated heterocycles. The Morgan fingerprint density at radius 1 is 0.806 bits per heavy atom. The molecule has 9 heteroatoms. The Bertz CT molecular complexity index is 1280. The second-order valence-corrected chi connectivity index (χ2v) is 8.82. The maximum absolute atomic E-state index is 13.0. The third kappa shape index (κ3) is 4.36. The summed E-state index contributed by atoms with van der Waals surface area (Å²) in [6, 6.07) is 24.0. The van der Waals surface area contributed by atoms with Crippen molar-refractivity contribution in [3.8, 4) is 0 Å². The Morgan fingerprint density at radius 3 is 1.92 bits per heavy atom. The predicted octanol–water partition coefficient (Wildman–Crippen LogP) is 3.12. The number of non-ortho nitro benzene ring substituents is 1. The topological polar surface area (TPSA) is 104 Å². The minimum atomic E-state index is -0.682. The lowest BCUT2D eigenvalue weighted by molar-refractivity contribution is -0.384. The van der Waals surface area contributed by atoms with Crippen LogP contribution in [0.4, 0.5) is 5.69 Å². The maximum atomic E-state index is 13.0. The number of hydrogen-bond donors (Lipinski definition) is 0. The fourth-order valence-corrected chi connectivity index (χ4v) is 4.89. The van der Waals surface area contributed by atoms with Crippen LogP contribution in [0.3, 0.4) is 0 Å². The highest BCUT2D eigenvalue weighted by Crippen LogP contribution is 2.30. The average molecular weight is 485 g/mol. The van der Waals surface area contributed by atoms with Gasteiger partial charge in [-0.05, 0) is 17.2 Å². The number of amides is 3. The summed E-state index contributed by atoms with van der Waals surface area (Å²) >= 11 is 0. The van der Waals surface area contributed by atoms with E-state index in [-0.39, 0.29) is 35.3 Å². The molecule has 0 spiro atoms. The zero-order chi connectivity index (χ0) is 25.2. The van der Waals surface area contributed by atoms with E-state index in [2.05, 4.69) is 29.2 Å². The number of piperazine rings is 1. The second-order valence-electron chi connectivity index (χ2n) is 8.82. The fraction of sp³-hybridized carbons (Fsp3) is 0.222. The third-order valence-electron chi connectivity index (χ3n) is 6.72. The summed E-state index contributed by atoms with van der Waals surface area (Å²) in [5, 5.41) is 11.0. The van der Waals surface area contributed by atoms with E-state index in [1.54, 1.807) is 4.90 Å². The van der Waals surface area contributed by atoms with Gasteiger partial charge in [0, 0.05) is 38.3 Å². The Morgan fingerprint density at radius 2 is 1.36 bits per heavy atom. The summed E-state index contributed by atoms with van der Waals surface area (Å²) in [6.45, 7) is 1.80. The first-order chi connectivity index (χ1) is 17.4. The van der Waals surface area contributed by atoms with E-state index >= 15 is 0 Å². The van der Waals surface area contributed by atoms with Gasteiger partial charge in [0.15, 0.2) is 0 Å². The van der Waals surface area contributed by atoms with Crippen LogP contribution in [0.25, 0.3) is 0 Å². The minimum Gasteiger partial charge on any atom is -0.339 e. The van der Waals surface area contributed by atoms with Crippen molar-refractivity contribution in [3.05, 3.63) is 111 Å². The molecule has 2 aliphatic rings. The summed E-state index contributed by atoms with van der Waals surface area (Å²) in [5.74, 6) is -1.61. The molecule has 0 unspecified atom stereocenters. The molecule has 0 bridgehead atoms. The highest BCUT2D eigenvalue weighted by atomic mass is 16.6. The van der Waals surface area contributed by atoms with Gasteiger partial charge in [0.1, 0.15) is 6.54 Å². The molecule has 36 heavy (non-hydrogen) atoms. The molecule has 3 aromatic carbocycles. The summed E-state index contributed by atoms with van der Waals surface area (Å²) in [6.07, 6.45) is 0. The van der Waals surface area contributed by atoms with E-state index in [1.807, 2.05) is 36.4 Å². The van der Waals surface area contributed by atoms with E-state index in [0.717, 1.165) is 11.0 Å². The first-order valence-corrected chi connectivity index (χ1v) is 11.7. The molecule has 0 saturated carbocycles. The summed E-state index contributed by atoms with van der Waals surface area (Å²) in [7, 11) is 0. The van der Waals surface area contributed by atoms with Crippen LogP contribution in [0.1, 0.15) is 37.9 Å². The van der Waals surface area contributed by atoms with E-state index in [1.165, 1.54) is 23.3 Å². The van der Waals surface area contributed by atoms with Crippen LogP contribution in [0.2, 0.25) is 0 Å². The summed E-state index contributed by atoms with van der Waals surface area (Å²) in [4.78, 5) is 53.8. The lowest BCUT2D eigenvalue weighted by Gasteiger charge is -2.40. The van der Waals surface area contributed by atoms with Gasteiger partial charge >= 0.3 is 0 Å². The Balaban J connectivity index is 1.26. The van der Waals surface area contributed by atoms with Gasteiger partial charge in [-0.25, -0.2) is 0 Å². The van der Waals surface area contributed by atoms with Gasteiger partial charge in [0.05, 0.1) is 22.1 Å². The standard InChI is InChI=1S/C27H24N4O5/c32-24(18-30-26(33)22-12-11-21(31(35)36)17-23(22)27(30)34)28-13-15-29(16-14-28)25(19-7-3-1-4-8-19)20-9-5-2-6-10-20/h1-12,17,25H,13-16,18H2. The van der Waals surface area contributed by atoms with Crippen molar-refractivity contribution in [2.24, 2.45) is 0 Å². The van der Waals surface area contributed by atoms with Gasteiger partial charge in [0.25, 0.3) is 17.5 Å². The van der Waals surface area contributed by atoms with Gasteiger partial charge in [-0.1, -0.05) is 60.7 Å². The minimum absolute atomic E-state index is 0.0413. The fourth-order valence-electron chi connectivity index (χ4n) is 4.89. The van der Waals surface area contributed by atoms with Crippen molar-refractivity contribution >= 4 is 23.4 Å². The molecule has 0 N–H and O–H groups in total. The highest BCUT2D eigenvalue weighted by molar-refractivity contribution is 6.22. The largest absolute Gasteiger partial charge is 0.339 e. The molecule has 1 fully saturated rings. The SMILES string of the molecule is O=C(CN1C(=O)c2ccc([N+](=O)[O-])cc2C1=O)N1CCN(C(c2ccccc2)c2ccccc2)CC1. The van der Waals surface area contributed by atoms with Crippen LogP contribution < -0.4 is 0 Å². The van der Waals surface area contributed by atoms with Gasteiger partial charge < -0.3 is 4.90 Å². The van der Waals surface area contributed by atoms with E-state index in [4.69, 9.17) is 0 Å². The molecule has 3 amide bonds. The van der Waals surface area contributed by atoms with E-state index < -0.39 is 16.7 Å². The van der Waals surface area contributed by atoms with Gasteiger partial charge in [-0.3, -0.25) is 34.3 Å². The van der Waals surface area contributed by atoms with Crippen LogP contribution in [0.15, 0.2) is 78.9 Å². The maximum Gasteiger partial charge on any atom is 0.270 e. The third-order valence-corrected chi connectivity index (χ3v) is 6.72. The molecule has 182 valence electrons. The number of imide groups is 1. The first kappa shape index (κ1) is 23.4. The van der Waals surface area contributed by atoms with E-state index in [0.29, 0.717) is 26.2 Å². The van der Waals surface area contributed by atoms with Crippen LogP contribution in [0, 0.1) is 10.1 Å². The highest BCUT2D eigenvalue weighted by Gasteiger charge is 2.39. The van der Waals surface area contributed by atoms with Crippen molar-refractivity contribution in [3.63, 3.8) is 0 Å². The van der Waals surface area contributed by atoms with Crippen molar-refractivity contribution in [2.45, 2.75) is 6.04 Å². The molecule has 0 aromatic heterocycles. The average Bonchev–Trinajstić information content (AvgIpc) is 3.14. The number of carbonyl (C=O) groups is 3. The molecule has 0 atom stereocenters. The van der Waals surface area contributed by atoms with Crippen molar-refractivity contribution in [2.75, 3.05) is 32.7 Å². The zero-order valence-electron chi connectivity index (χ0n) is 19.4. The van der Waals surface area contributed by atoms with Crippen molar-refractivity contribution < 1.29 is 19.3 Å². The normalized spacial score (nSPS) is 15.9. The van der Waals surface area contributed by atoms with E-state index in [9.17, 15) is 24.5 Å². The number of rotatable bonds is 6. The lowest BCUT2D eigenvalue weighted by atomic mass is 9.96. The number of nitro groups is 1.